The van der Waals surface area contributed by atoms with E-state index in [1.807, 2.05) is 0 Å². The Morgan fingerprint density at radius 2 is 1.91 bits per heavy atom. The van der Waals surface area contributed by atoms with E-state index in [1.165, 1.54) is 0 Å². The van der Waals surface area contributed by atoms with Gasteiger partial charge in [0.25, 0.3) is 0 Å². The molecule has 0 amide bonds. The Bertz CT molecular complexity index is 86.5. The molecule has 0 atom stereocenters. The summed E-state index contributed by atoms with van der Waals surface area (Å²) in [4.78, 5) is 2.36. The van der Waals surface area contributed by atoms with E-state index in [9.17, 15) is 0 Å². The van der Waals surface area contributed by atoms with Crippen molar-refractivity contribution in [3.63, 3.8) is 0 Å². The van der Waals surface area contributed by atoms with Crippen LogP contribution in [0.3, 0.4) is 0 Å². The van der Waals surface area contributed by atoms with E-state index in [2.05, 4.69) is 4.90 Å². The number of hydrogen-bond donors (Lipinski definition) is 0. The number of hydrogen-bond acceptors (Lipinski definition) is 2. The average Bonchev–Trinajstić information content (AvgIpc) is 2.03. The van der Waals surface area contributed by atoms with Crippen molar-refractivity contribution in [2.24, 2.45) is 0 Å². The molecule has 0 bridgehead atoms. The maximum atomic E-state index is 6.96. The van der Waals surface area contributed by atoms with Crippen LogP contribution in [0.2, 0.25) is 0 Å². The number of nitrogens with zero attached hydrogens (tertiary/aromatic N) is 1. The predicted octanol–water partition coefficient (Wildman–Crippen LogP) is -2.24. The van der Waals surface area contributed by atoms with Crippen LogP contribution in [0.5, 0.6) is 0 Å². The van der Waals surface area contributed by atoms with Gasteiger partial charge in [-0.1, -0.05) is 6.42 Å². The van der Waals surface area contributed by atoms with E-state index in [-0.39, 0.29) is 51.4 Å². The van der Waals surface area contributed by atoms with Gasteiger partial charge in [0.05, 0.1) is 13.2 Å². The zero-order valence-electron chi connectivity index (χ0n) is 7.31. The third kappa shape index (κ3) is 5.71. The third-order valence-corrected chi connectivity index (χ3v) is 1.75. The SMILES string of the molecule is [K+].[NH-]CCCN1CCOCC1. The molecule has 1 N–H and O–H groups in total. The van der Waals surface area contributed by atoms with Crippen LogP contribution in [-0.2, 0) is 4.74 Å². The summed E-state index contributed by atoms with van der Waals surface area (Å²) in [7, 11) is 0. The van der Waals surface area contributed by atoms with Gasteiger partial charge in [-0.3, -0.25) is 4.90 Å². The number of ether oxygens (including phenoxy) is 1. The molecule has 4 heteroatoms. The van der Waals surface area contributed by atoms with Gasteiger partial charge in [0, 0.05) is 13.1 Å². The van der Waals surface area contributed by atoms with Gasteiger partial charge in [-0.05, 0) is 6.54 Å². The second kappa shape index (κ2) is 8.13. The average molecular weight is 182 g/mol. The minimum atomic E-state index is 0. The van der Waals surface area contributed by atoms with Crippen LogP contribution in [0.25, 0.3) is 5.73 Å². The van der Waals surface area contributed by atoms with Crippen molar-refractivity contribution >= 4 is 0 Å². The summed E-state index contributed by atoms with van der Waals surface area (Å²) < 4.78 is 5.19. The third-order valence-electron chi connectivity index (χ3n) is 1.75. The molecular weight excluding hydrogens is 167 g/mol. The second-order valence-electron chi connectivity index (χ2n) is 2.56. The van der Waals surface area contributed by atoms with E-state index < -0.39 is 0 Å². The summed E-state index contributed by atoms with van der Waals surface area (Å²) in [6, 6.07) is 0. The van der Waals surface area contributed by atoms with Crippen molar-refractivity contribution in [3.8, 4) is 0 Å². The first-order valence-electron chi connectivity index (χ1n) is 3.88. The topological polar surface area (TPSA) is 36.3 Å². The summed E-state index contributed by atoms with van der Waals surface area (Å²) in [5.74, 6) is 0. The van der Waals surface area contributed by atoms with Crippen molar-refractivity contribution in [1.82, 2.24) is 4.90 Å². The molecule has 0 aromatic carbocycles. The molecule has 0 unspecified atom stereocenters. The molecule has 0 spiro atoms. The van der Waals surface area contributed by atoms with Crippen molar-refractivity contribution < 1.29 is 56.1 Å². The van der Waals surface area contributed by atoms with Crippen molar-refractivity contribution in [1.29, 1.82) is 0 Å². The van der Waals surface area contributed by atoms with Gasteiger partial charge in [0.15, 0.2) is 0 Å². The zero-order valence-corrected chi connectivity index (χ0v) is 10.4. The fraction of sp³-hybridized carbons (Fsp3) is 1.00. The van der Waals surface area contributed by atoms with Crippen LogP contribution in [-0.4, -0.2) is 44.3 Å². The summed E-state index contributed by atoms with van der Waals surface area (Å²) >= 11 is 0. The van der Waals surface area contributed by atoms with Gasteiger partial charge in [-0.15, -0.1) is 6.54 Å². The van der Waals surface area contributed by atoms with Crippen LogP contribution in [0.15, 0.2) is 0 Å². The maximum absolute atomic E-state index is 6.96. The zero-order chi connectivity index (χ0) is 7.23. The van der Waals surface area contributed by atoms with Crippen molar-refractivity contribution in [2.45, 2.75) is 6.42 Å². The molecule has 11 heavy (non-hydrogen) atoms. The van der Waals surface area contributed by atoms with Crippen molar-refractivity contribution in [2.75, 3.05) is 39.4 Å². The molecule has 1 saturated heterocycles. The largest absolute Gasteiger partial charge is 1.00 e. The van der Waals surface area contributed by atoms with Gasteiger partial charge >= 0.3 is 51.4 Å². The first-order chi connectivity index (χ1) is 4.93. The summed E-state index contributed by atoms with van der Waals surface area (Å²) in [5, 5.41) is 0. The first kappa shape index (κ1) is 12.5. The summed E-state index contributed by atoms with van der Waals surface area (Å²) in [6.07, 6.45) is 1.00. The Balaban J connectivity index is 0.000001000. The van der Waals surface area contributed by atoms with E-state index in [1.54, 1.807) is 0 Å². The van der Waals surface area contributed by atoms with Crippen LogP contribution < -0.4 is 51.4 Å². The summed E-state index contributed by atoms with van der Waals surface area (Å²) in [5.41, 5.74) is 6.96. The Morgan fingerprint density at radius 1 is 1.27 bits per heavy atom. The van der Waals surface area contributed by atoms with E-state index in [0.717, 1.165) is 39.3 Å². The van der Waals surface area contributed by atoms with Crippen LogP contribution in [0.4, 0.5) is 0 Å². The Kier molecular flexibility index (Phi) is 9.25. The monoisotopic (exact) mass is 182 g/mol. The molecule has 1 heterocycles. The molecule has 0 saturated carbocycles. The molecule has 1 fully saturated rings. The molecule has 3 nitrogen and oxygen atoms in total. The predicted molar refractivity (Wildman–Crippen MR) is 41.1 cm³/mol. The fourth-order valence-electron chi connectivity index (χ4n) is 1.13. The minimum Gasteiger partial charge on any atom is -0.677 e. The summed E-state index contributed by atoms with van der Waals surface area (Å²) in [6.45, 7) is 5.49. The van der Waals surface area contributed by atoms with Gasteiger partial charge in [0.2, 0.25) is 0 Å². The standard InChI is InChI=1S/C7H15N2O.K/c8-2-1-3-9-4-6-10-7-5-9;/h8H,1-7H2;/q-1;+1. The van der Waals surface area contributed by atoms with E-state index >= 15 is 0 Å². The Hall–Kier alpha value is 1.52. The van der Waals surface area contributed by atoms with Gasteiger partial charge in [0.1, 0.15) is 0 Å². The molecule has 0 aromatic rings. The van der Waals surface area contributed by atoms with Crippen LogP contribution >= 0.6 is 0 Å². The second-order valence-corrected chi connectivity index (χ2v) is 2.56. The van der Waals surface area contributed by atoms with Gasteiger partial charge in [-0.25, -0.2) is 0 Å². The number of rotatable bonds is 3. The molecule has 1 aliphatic rings. The smallest absolute Gasteiger partial charge is 0.677 e. The Morgan fingerprint density at radius 3 is 2.45 bits per heavy atom. The van der Waals surface area contributed by atoms with Crippen LogP contribution in [0.1, 0.15) is 6.42 Å². The molecule has 1 rings (SSSR count). The fourth-order valence-corrected chi connectivity index (χ4v) is 1.13. The minimum absolute atomic E-state index is 0. The van der Waals surface area contributed by atoms with Gasteiger partial charge in [-0.2, -0.15) is 0 Å². The maximum Gasteiger partial charge on any atom is 1.00 e. The molecular formula is C7H15KN2O. The molecule has 0 radical (unpaired) electrons. The van der Waals surface area contributed by atoms with E-state index in [0.29, 0.717) is 6.54 Å². The normalized spacial score (nSPS) is 19.4. The Labute approximate surface area is 111 Å². The number of nitrogens with one attached hydrogen (secondary N) is 1. The van der Waals surface area contributed by atoms with E-state index in [4.69, 9.17) is 10.5 Å². The molecule has 1 aliphatic heterocycles. The molecule has 60 valence electrons. The van der Waals surface area contributed by atoms with Crippen LogP contribution in [0, 0.1) is 0 Å². The first-order valence-corrected chi connectivity index (χ1v) is 3.88. The van der Waals surface area contributed by atoms with Gasteiger partial charge < -0.3 is 10.5 Å². The quantitative estimate of drug-likeness (QED) is 0.463. The molecule has 0 aromatic heterocycles. The number of morpholine rings is 1. The van der Waals surface area contributed by atoms with Crippen molar-refractivity contribution in [3.05, 3.63) is 5.73 Å². The molecule has 0 aliphatic carbocycles.